The van der Waals surface area contributed by atoms with Gasteiger partial charge in [0.05, 0.1) is 29.4 Å². The fourth-order valence-electron chi connectivity index (χ4n) is 4.15. The van der Waals surface area contributed by atoms with Gasteiger partial charge in [0.1, 0.15) is 0 Å². The number of hydrogen-bond acceptors (Lipinski definition) is 6. The maximum absolute atomic E-state index is 12.3. The summed E-state index contributed by atoms with van der Waals surface area (Å²) in [5, 5.41) is 3.01. The van der Waals surface area contributed by atoms with Gasteiger partial charge in [0.2, 0.25) is 17.7 Å². The Hall–Kier alpha value is -2.80. The van der Waals surface area contributed by atoms with E-state index in [1.807, 2.05) is 37.3 Å². The van der Waals surface area contributed by atoms with E-state index in [0.29, 0.717) is 23.7 Å². The van der Waals surface area contributed by atoms with Gasteiger partial charge in [0.25, 0.3) is 0 Å². The van der Waals surface area contributed by atoms with Crippen molar-refractivity contribution in [2.45, 2.75) is 25.7 Å². The van der Waals surface area contributed by atoms with Crippen LogP contribution >= 0.6 is 11.6 Å². The van der Waals surface area contributed by atoms with Gasteiger partial charge in [0, 0.05) is 38.3 Å². The third-order valence-corrected chi connectivity index (χ3v) is 6.17. The molecule has 30 heavy (non-hydrogen) atoms. The number of aryl methyl sites for hydroxylation is 1. The summed E-state index contributed by atoms with van der Waals surface area (Å²) in [6, 6.07) is 9.84. The summed E-state index contributed by atoms with van der Waals surface area (Å²) in [5.41, 5.74) is 3.62. The maximum atomic E-state index is 12.3. The number of carbonyl (C=O) groups is 2. The van der Waals surface area contributed by atoms with Gasteiger partial charge >= 0.3 is 0 Å². The molecule has 2 aromatic rings. The molecule has 2 amide bonds. The molecule has 2 fully saturated rings. The number of hydrogen-bond donors (Lipinski definition) is 1. The Morgan fingerprint density at radius 1 is 1.07 bits per heavy atom. The first-order valence-electron chi connectivity index (χ1n) is 10.1. The lowest BCUT2D eigenvalue weighted by atomic mass is 9.90. The standard InChI is InChI=1S/C22H25ClN4O3/c1-14-6-8-18(22(24-14)30-2)27-12-10-26(11-13-27)17-5-3-4-15(20(17)23)16-7-9-19(28)25-21(16)29/h3-6,8,16H,7,9-13H2,1-2H3,(H,25,28,29). The molecule has 1 unspecified atom stereocenters. The lowest BCUT2D eigenvalue weighted by Gasteiger charge is -2.38. The number of halogens is 1. The predicted molar refractivity (Wildman–Crippen MR) is 117 cm³/mol. The highest BCUT2D eigenvalue weighted by atomic mass is 35.5. The zero-order valence-electron chi connectivity index (χ0n) is 17.2. The number of benzene rings is 1. The van der Waals surface area contributed by atoms with E-state index in [9.17, 15) is 9.59 Å². The van der Waals surface area contributed by atoms with Gasteiger partial charge in [0.15, 0.2) is 0 Å². The summed E-state index contributed by atoms with van der Waals surface area (Å²) in [5.74, 6) is -0.240. The maximum Gasteiger partial charge on any atom is 0.237 e. The molecular formula is C22H25ClN4O3. The summed E-state index contributed by atoms with van der Waals surface area (Å²) in [6.45, 7) is 5.13. The highest BCUT2D eigenvalue weighted by Crippen LogP contribution is 2.37. The lowest BCUT2D eigenvalue weighted by molar-refractivity contribution is -0.134. The second-order valence-electron chi connectivity index (χ2n) is 7.64. The van der Waals surface area contributed by atoms with Crippen LogP contribution in [0.3, 0.4) is 0 Å². The van der Waals surface area contributed by atoms with Crippen molar-refractivity contribution in [3.05, 3.63) is 46.6 Å². The molecule has 7 nitrogen and oxygen atoms in total. The van der Waals surface area contributed by atoms with Crippen LogP contribution in [0.15, 0.2) is 30.3 Å². The highest BCUT2D eigenvalue weighted by molar-refractivity contribution is 6.34. The molecule has 2 saturated heterocycles. The number of pyridine rings is 1. The van der Waals surface area contributed by atoms with Gasteiger partial charge in [-0.1, -0.05) is 23.7 Å². The number of nitrogens with one attached hydrogen (secondary N) is 1. The molecule has 1 N–H and O–H groups in total. The van der Waals surface area contributed by atoms with Crippen LogP contribution in [0.2, 0.25) is 5.02 Å². The zero-order chi connectivity index (χ0) is 21.3. The Morgan fingerprint density at radius 3 is 2.43 bits per heavy atom. The van der Waals surface area contributed by atoms with E-state index in [4.69, 9.17) is 16.3 Å². The molecule has 4 rings (SSSR count). The number of piperazine rings is 1. The largest absolute Gasteiger partial charge is 0.480 e. The smallest absolute Gasteiger partial charge is 0.237 e. The molecule has 0 spiro atoms. The third-order valence-electron chi connectivity index (χ3n) is 5.76. The Morgan fingerprint density at radius 2 is 1.77 bits per heavy atom. The molecule has 1 atom stereocenters. The summed E-state index contributed by atoms with van der Waals surface area (Å²) < 4.78 is 5.46. The minimum Gasteiger partial charge on any atom is -0.480 e. The molecule has 2 aliphatic heterocycles. The fourth-order valence-corrected chi connectivity index (χ4v) is 4.52. The predicted octanol–water partition coefficient (Wildman–Crippen LogP) is 2.90. The average molecular weight is 429 g/mol. The molecule has 0 saturated carbocycles. The van der Waals surface area contributed by atoms with Crippen molar-refractivity contribution in [1.29, 1.82) is 0 Å². The number of rotatable bonds is 4. The van der Waals surface area contributed by atoms with Gasteiger partial charge in [-0.3, -0.25) is 14.9 Å². The Labute approximate surface area is 181 Å². The first kappa shape index (κ1) is 20.5. The van der Waals surface area contributed by atoms with Crippen LogP contribution in [0.5, 0.6) is 5.88 Å². The van der Waals surface area contributed by atoms with Gasteiger partial charge < -0.3 is 14.5 Å². The molecule has 8 heteroatoms. The number of nitrogens with zero attached hydrogens (tertiary/aromatic N) is 3. The minimum atomic E-state index is -0.390. The quantitative estimate of drug-likeness (QED) is 0.755. The van der Waals surface area contributed by atoms with Gasteiger partial charge in [-0.15, -0.1) is 0 Å². The highest BCUT2D eigenvalue weighted by Gasteiger charge is 2.31. The Bertz CT molecular complexity index is 973. The fraction of sp³-hybridized carbons (Fsp3) is 0.409. The first-order chi connectivity index (χ1) is 14.5. The van der Waals surface area contributed by atoms with E-state index < -0.39 is 0 Å². The lowest BCUT2D eigenvalue weighted by Crippen LogP contribution is -2.47. The van der Waals surface area contributed by atoms with E-state index in [2.05, 4.69) is 20.1 Å². The molecule has 3 heterocycles. The summed E-state index contributed by atoms with van der Waals surface area (Å²) in [7, 11) is 1.64. The second-order valence-corrected chi connectivity index (χ2v) is 8.02. The van der Waals surface area contributed by atoms with E-state index in [-0.39, 0.29) is 17.7 Å². The van der Waals surface area contributed by atoms with E-state index >= 15 is 0 Å². The van der Waals surface area contributed by atoms with Gasteiger partial charge in [-0.25, -0.2) is 4.98 Å². The molecule has 1 aromatic heterocycles. The summed E-state index contributed by atoms with van der Waals surface area (Å²) in [4.78, 5) is 32.7. The normalized spacial score (nSPS) is 19.6. The van der Waals surface area contributed by atoms with Gasteiger partial charge in [-0.05, 0) is 37.1 Å². The number of piperidine rings is 1. The number of imide groups is 1. The number of ether oxygens (including phenoxy) is 1. The van der Waals surface area contributed by atoms with Crippen LogP contribution in [0.1, 0.15) is 30.0 Å². The van der Waals surface area contributed by atoms with Crippen LogP contribution in [-0.4, -0.2) is 50.1 Å². The number of amides is 2. The van der Waals surface area contributed by atoms with E-state index in [1.54, 1.807) is 7.11 Å². The topological polar surface area (TPSA) is 74.8 Å². The van der Waals surface area contributed by atoms with Crippen LogP contribution in [-0.2, 0) is 9.59 Å². The van der Waals surface area contributed by atoms with Crippen molar-refractivity contribution in [2.24, 2.45) is 0 Å². The second kappa shape index (κ2) is 8.52. The van der Waals surface area contributed by atoms with Crippen LogP contribution in [0.25, 0.3) is 0 Å². The van der Waals surface area contributed by atoms with Crippen LogP contribution < -0.4 is 19.9 Å². The Balaban J connectivity index is 1.50. The number of anilines is 2. The first-order valence-corrected chi connectivity index (χ1v) is 10.5. The average Bonchev–Trinajstić information content (AvgIpc) is 2.74. The molecule has 158 valence electrons. The number of aromatic nitrogens is 1. The molecule has 0 bridgehead atoms. The van der Waals surface area contributed by atoms with Crippen molar-refractivity contribution in [2.75, 3.05) is 43.1 Å². The number of carbonyl (C=O) groups excluding carboxylic acids is 2. The third kappa shape index (κ3) is 3.94. The van der Waals surface area contributed by atoms with Crippen molar-refractivity contribution >= 4 is 34.8 Å². The summed E-state index contributed by atoms with van der Waals surface area (Å²) >= 11 is 6.75. The van der Waals surface area contributed by atoms with Crippen molar-refractivity contribution in [3.63, 3.8) is 0 Å². The zero-order valence-corrected chi connectivity index (χ0v) is 17.9. The molecule has 2 aliphatic rings. The molecule has 1 aromatic carbocycles. The Kier molecular flexibility index (Phi) is 5.81. The molecule has 0 radical (unpaired) electrons. The van der Waals surface area contributed by atoms with Gasteiger partial charge in [-0.2, -0.15) is 0 Å². The van der Waals surface area contributed by atoms with Crippen molar-refractivity contribution in [1.82, 2.24) is 10.3 Å². The monoisotopic (exact) mass is 428 g/mol. The van der Waals surface area contributed by atoms with Crippen LogP contribution in [0, 0.1) is 6.92 Å². The summed E-state index contributed by atoms with van der Waals surface area (Å²) in [6.07, 6.45) is 0.823. The van der Waals surface area contributed by atoms with E-state index in [1.165, 1.54) is 0 Å². The van der Waals surface area contributed by atoms with Crippen molar-refractivity contribution in [3.8, 4) is 5.88 Å². The molecule has 0 aliphatic carbocycles. The minimum absolute atomic E-state index is 0.222. The van der Waals surface area contributed by atoms with E-state index in [0.717, 1.165) is 48.8 Å². The van der Waals surface area contributed by atoms with Crippen molar-refractivity contribution < 1.29 is 14.3 Å². The number of methoxy groups -OCH3 is 1. The molecular weight excluding hydrogens is 404 g/mol. The SMILES string of the molecule is COc1nc(C)ccc1N1CCN(c2cccc(C3CCC(=O)NC3=O)c2Cl)CC1. The van der Waals surface area contributed by atoms with Crippen LogP contribution in [0.4, 0.5) is 11.4 Å².